The lowest BCUT2D eigenvalue weighted by molar-refractivity contribution is 0.0581. The topological polar surface area (TPSA) is 45.1 Å². The maximum atomic E-state index is 13.1. The Morgan fingerprint density at radius 1 is 1.03 bits per heavy atom. The SMILES string of the molecule is Cc1ccc2c(c1)Oc1ccccc1C(N1CCN(C(=O)c3ccc(Cl)cc3)C(C)C1)=N2. The van der Waals surface area contributed by atoms with Crippen LogP contribution in [0, 0.1) is 6.92 Å². The lowest BCUT2D eigenvalue weighted by Crippen LogP contribution is -2.55. The number of nitrogens with zero attached hydrogens (tertiary/aromatic N) is 3. The van der Waals surface area contributed by atoms with E-state index in [0.29, 0.717) is 30.2 Å². The first-order valence-electron chi connectivity index (χ1n) is 10.8. The Balaban J connectivity index is 1.44. The quantitative estimate of drug-likeness (QED) is 0.484. The van der Waals surface area contributed by atoms with Gasteiger partial charge in [0.05, 0.1) is 5.56 Å². The minimum absolute atomic E-state index is 0.0289. The van der Waals surface area contributed by atoms with Crippen LogP contribution in [0.25, 0.3) is 0 Å². The Kier molecular flexibility index (Phi) is 5.35. The second-order valence-electron chi connectivity index (χ2n) is 8.31. The summed E-state index contributed by atoms with van der Waals surface area (Å²) in [5.41, 5.74) is 3.56. The maximum Gasteiger partial charge on any atom is 0.254 e. The molecular weight excluding hydrogens is 422 g/mol. The highest BCUT2D eigenvalue weighted by atomic mass is 35.5. The number of carbonyl (C=O) groups excluding carboxylic acids is 1. The molecule has 3 aromatic rings. The van der Waals surface area contributed by atoms with Gasteiger partial charge in [-0.2, -0.15) is 0 Å². The van der Waals surface area contributed by atoms with E-state index in [4.69, 9.17) is 21.3 Å². The van der Waals surface area contributed by atoms with Gasteiger partial charge in [0.15, 0.2) is 5.75 Å². The summed E-state index contributed by atoms with van der Waals surface area (Å²) >= 11 is 5.98. The molecule has 0 radical (unpaired) electrons. The van der Waals surface area contributed by atoms with Gasteiger partial charge in [-0.3, -0.25) is 4.79 Å². The monoisotopic (exact) mass is 445 g/mol. The fourth-order valence-electron chi connectivity index (χ4n) is 4.28. The van der Waals surface area contributed by atoms with Gasteiger partial charge >= 0.3 is 0 Å². The van der Waals surface area contributed by atoms with Crippen LogP contribution >= 0.6 is 11.6 Å². The predicted octanol–water partition coefficient (Wildman–Crippen LogP) is 5.68. The normalized spacial score (nSPS) is 17.6. The van der Waals surface area contributed by atoms with E-state index in [0.717, 1.165) is 34.1 Å². The molecule has 1 amide bonds. The first-order valence-corrected chi connectivity index (χ1v) is 11.2. The van der Waals surface area contributed by atoms with Gasteiger partial charge in [-0.05, 0) is 67.9 Å². The average molecular weight is 446 g/mol. The van der Waals surface area contributed by atoms with E-state index < -0.39 is 0 Å². The number of fused-ring (bicyclic) bond motifs is 2. The third kappa shape index (κ3) is 3.84. The lowest BCUT2D eigenvalue weighted by atomic mass is 10.1. The van der Waals surface area contributed by atoms with E-state index >= 15 is 0 Å². The number of piperazine rings is 1. The molecule has 1 saturated heterocycles. The Morgan fingerprint density at radius 2 is 1.81 bits per heavy atom. The van der Waals surface area contributed by atoms with Crippen molar-refractivity contribution in [2.24, 2.45) is 4.99 Å². The van der Waals surface area contributed by atoms with Crippen molar-refractivity contribution < 1.29 is 9.53 Å². The fourth-order valence-corrected chi connectivity index (χ4v) is 4.41. The molecule has 2 heterocycles. The third-order valence-corrected chi connectivity index (χ3v) is 6.22. The summed E-state index contributed by atoms with van der Waals surface area (Å²) in [6.45, 7) is 6.12. The van der Waals surface area contributed by atoms with Gasteiger partial charge in [-0.1, -0.05) is 29.8 Å². The number of aryl methyl sites for hydroxylation is 1. The smallest absolute Gasteiger partial charge is 0.254 e. The van der Waals surface area contributed by atoms with E-state index in [9.17, 15) is 4.79 Å². The Labute approximate surface area is 192 Å². The Morgan fingerprint density at radius 3 is 2.59 bits per heavy atom. The number of hydrogen-bond acceptors (Lipinski definition) is 4. The molecule has 1 atom stereocenters. The number of para-hydroxylation sites is 1. The second-order valence-corrected chi connectivity index (χ2v) is 8.74. The molecule has 3 aromatic carbocycles. The number of amidine groups is 1. The zero-order valence-corrected chi connectivity index (χ0v) is 18.8. The molecule has 6 heteroatoms. The van der Waals surface area contributed by atoms with Crippen LogP contribution in [0.3, 0.4) is 0 Å². The van der Waals surface area contributed by atoms with Crippen LogP contribution in [0.4, 0.5) is 5.69 Å². The number of carbonyl (C=O) groups is 1. The molecule has 32 heavy (non-hydrogen) atoms. The minimum atomic E-state index is 0.0289. The molecule has 0 saturated carbocycles. The van der Waals surface area contributed by atoms with E-state index in [1.807, 2.05) is 54.3 Å². The number of aliphatic imine (C=N–C) groups is 1. The summed E-state index contributed by atoms with van der Waals surface area (Å²) in [4.78, 5) is 22.3. The highest BCUT2D eigenvalue weighted by molar-refractivity contribution is 6.30. The van der Waals surface area contributed by atoms with Gasteiger partial charge in [-0.25, -0.2) is 4.99 Å². The lowest BCUT2D eigenvalue weighted by Gasteiger charge is -2.41. The van der Waals surface area contributed by atoms with Crippen LogP contribution in [-0.4, -0.2) is 47.2 Å². The molecule has 0 N–H and O–H groups in total. The zero-order chi connectivity index (χ0) is 22.2. The van der Waals surface area contributed by atoms with Crippen LogP contribution < -0.4 is 4.74 Å². The van der Waals surface area contributed by atoms with Gasteiger partial charge in [-0.15, -0.1) is 0 Å². The van der Waals surface area contributed by atoms with E-state index in [1.54, 1.807) is 24.3 Å². The molecule has 0 bridgehead atoms. The maximum absolute atomic E-state index is 13.1. The van der Waals surface area contributed by atoms with Gasteiger partial charge in [0.1, 0.15) is 17.3 Å². The van der Waals surface area contributed by atoms with Crippen molar-refractivity contribution in [3.05, 3.63) is 88.4 Å². The summed E-state index contributed by atoms with van der Waals surface area (Å²) in [5.74, 6) is 2.47. The molecule has 162 valence electrons. The summed E-state index contributed by atoms with van der Waals surface area (Å²) in [5, 5.41) is 0.627. The van der Waals surface area contributed by atoms with Crippen LogP contribution in [0.5, 0.6) is 11.5 Å². The molecule has 0 aromatic heterocycles. The summed E-state index contributed by atoms with van der Waals surface area (Å²) < 4.78 is 6.24. The number of benzene rings is 3. The van der Waals surface area contributed by atoms with E-state index in [2.05, 4.69) is 11.8 Å². The molecule has 0 spiro atoms. The molecule has 5 nitrogen and oxygen atoms in total. The first-order chi connectivity index (χ1) is 15.5. The van der Waals surface area contributed by atoms with Gasteiger partial charge in [0.25, 0.3) is 5.91 Å². The molecule has 1 fully saturated rings. The zero-order valence-electron chi connectivity index (χ0n) is 18.1. The van der Waals surface area contributed by atoms with Gasteiger partial charge in [0, 0.05) is 36.3 Å². The number of amides is 1. The van der Waals surface area contributed by atoms with Gasteiger partial charge < -0.3 is 14.5 Å². The number of ether oxygens (including phenoxy) is 1. The third-order valence-electron chi connectivity index (χ3n) is 5.97. The van der Waals surface area contributed by atoms with Crippen molar-refractivity contribution in [1.82, 2.24) is 9.80 Å². The average Bonchev–Trinajstić information content (AvgIpc) is 2.95. The summed E-state index contributed by atoms with van der Waals surface area (Å²) in [6.07, 6.45) is 0. The van der Waals surface area contributed by atoms with E-state index in [-0.39, 0.29) is 11.9 Å². The first kappa shape index (κ1) is 20.6. The van der Waals surface area contributed by atoms with Crippen molar-refractivity contribution in [2.75, 3.05) is 19.6 Å². The summed E-state index contributed by atoms with van der Waals surface area (Å²) in [6, 6.07) is 21.2. The minimum Gasteiger partial charge on any atom is -0.454 e. The van der Waals surface area contributed by atoms with Crippen molar-refractivity contribution in [1.29, 1.82) is 0 Å². The standard InChI is InChI=1S/C26H24ClN3O2/c1-17-7-12-22-24(15-17)32-23-6-4-3-5-21(23)25(28-22)29-13-14-30(18(2)16-29)26(31)19-8-10-20(27)11-9-19/h3-12,15,18H,13-14,16H2,1-2H3. The molecular formula is C26H24ClN3O2. The predicted molar refractivity (Wildman–Crippen MR) is 127 cm³/mol. The molecule has 0 aliphatic carbocycles. The van der Waals surface area contributed by atoms with Crippen molar-refractivity contribution in [3.63, 3.8) is 0 Å². The Bertz CT molecular complexity index is 1210. The van der Waals surface area contributed by atoms with Crippen LogP contribution in [0.1, 0.15) is 28.4 Å². The highest BCUT2D eigenvalue weighted by Gasteiger charge is 2.31. The highest BCUT2D eigenvalue weighted by Crippen LogP contribution is 2.39. The van der Waals surface area contributed by atoms with E-state index in [1.165, 1.54) is 0 Å². The largest absolute Gasteiger partial charge is 0.454 e. The Hall–Kier alpha value is -3.31. The molecule has 5 rings (SSSR count). The fraction of sp³-hybridized carbons (Fsp3) is 0.231. The number of halogens is 1. The van der Waals surface area contributed by atoms with Crippen LogP contribution in [-0.2, 0) is 0 Å². The molecule has 2 aliphatic rings. The van der Waals surface area contributed by atoms with Crippen molar-refractivity contribution >= 4 is 29.0 Å². The van der Waals surface area contributed by atoms with Crippen molar-refractivity contribution in [2.45, 2.75) is 19.9 Å². The van der Waals surface area contributed by atoms with Crippen LogP contribution in [0.2, 0.25) is 5.02 Å². The van der Waals surface area contributed by atoms with Crippen LogP contribution in [0.15, 0.2) is 71.7 Å². The number of rotatable bonds is 1. The second kappa shape index (κ2) is 8.32. The number of hydrogen-bond donors (Lipinski definition) is 0. The summed E-state index contributed by atoms with van der Waals surface area (Å²) in [7, 11) is 0. The van der Waals surface area contributed by atoms with Crippen molar-refractivity contribution in [3.8, 4) is 11.5 Å². The molecule has 2 aliphatic heterocycles. The van der Waals surface area contributed by atoms with Gasteiger partial charge in [0.2, 0.25) is 0 Å². The molecule has 1 unspecified atom stereocenters.